The quantitative estimate of drug-likeness (QED) is 0.0222. The van der Waals surface area contributed by atoms with Crippen LogP contribution in [0, 0.1) is 11.8 Å². The maximum atomic E-state index is 13.0. The molecule has 0 saturated carbocycles. The van der Waals surface area contributed by atoms with Gasteiger partial charge in [0.1, 0.15) is 19.3 Å². The number of esters is 4. The molecule has 0 aliphatic heterocycles. The third kappa shape index (κ3) is 59.5. The van der Waals surface area contributed by atoms with Crippen LogP contribution >= 0.6 is 15.6 Å². The van der Waals surface area contributed by atoms with Crippen molar-refractivity contribution < 1.29 is 80.2 Å². The van der Waals surface area contributed by atoms with E-state index in [0.717, 1.165) is 102 Å². The predicted molar refractivity (Wildman–Crippen MR) is 340 cm³/mol. The third-order valence-corrected chi connectivity index (χ3v) is 17.5. The van der Waals surface area contributed by atoms with E-state index in [9.17, 15) is 43.2 Å². The van der Waals surface area contributed by atoms with Gasteiger partial charge in [0.15, 0.2) is 12.2 Å². The molecule has 0 radical (unpaired) electrons. The van der Waals surface area contributed by atoms with Crippen molar-refractivity contribution in [1.82, 2.24) is 0 Å². The van der Waals surface area contributed by atoms with Gasteiger partial charge in [0.05, 0.1) is 26.4 Å². The number of hydrogen-bond donors (Lipinski definition) is 3. The maximum Gasteiger partial charge on any atom is 0.472 e. The lowest BCUT2D eigenvalue weighted by Gasteiger charge is -2.21. The second-order valence-electron chi connectivity index (χ2n) is 24.6. The van der Waals surface area contributed by atoms with Crippen LogP contribution in [0.25, 0.3) is 0 Å². The Morgan fingerprint density at radius 2 is 0.600 bits per heavy atom. The van der Waals surface area contributed by atoms with Crippen LogP contribution in [0.1, 0.15) is 330 Å². The second kappa shape index (κ2) is 58.4. The molecule has 85 heavy (non-hydrogen) atoms. The van der Waals surface area contributed by atoms with Gasteiger partial charge in [-0.3, -0.25) is 37.3 Å². The van der Waals surface area contributed by atoms with E-state index in [1.54, 1.807) is 0 Å². The molecular weight excluding hydrogens is 1130 g/mol. The van der Waals surface area contributed by atoms with Crippen LogP contribution in [0.2, 0.25) is 0 Å². The minimum Gasteiger partial charge on any atom is -0.462 e. The highest BCUT2D eigenvalue weighted by atomic mass is 31.2. The normalized spacial score (nSPS) is 14.6. The second-order valence-corrected chi connectivity index (χ2v) is 27.5. The molecule has 0 fully saturated rings. The molecule has 0 saturated heterocycles. The Balaban J connectivity index is 5.23. The number of rotatable bonds is 65. The number of aliphatic hydroxyl groups excluding tert-OH is 1. The van der Waals surface area contributed by atoms with Crippen molar-refractivity contribution in [2.45, 2.75) is 349 Å². The van der Waals surface area contributed by atoms with E-state index in [1.807, 2.05) is 0 Å². The highest BCUT2D eigenvalue weighted by Crippen LogP contribution is 2.45. The number of phosphoric acid groups is 2. The number of unbranched alkanes of at least 4 members (excludes halogenated alkanes) is 34. The SMILES string of the molecule is CCCCCCCCCCCCCCCCCC(=O)O[C@H](COC(=O)CCCCCCCCCCC(C)CC)COP(=O)(O)OC[C@@H](O)COP(=O)(O)OC[C@@H](COC(=O)CCCCCCCCCC)OC(=O)CCCCCCCCCC(C)C. The Morgan fingerprint density at radius 3 is 0.894 bits per heavy atom. The standard InChI is InChI=1S/C66H128O17P2/c1-7-10-12-14-16-18-19-20-21-22-23-24-32-38-44-50-65(70)82-61(55-77-64(69)49-43-37-31-26-25-29-35-41-47-59(6)9-3)56-80-84(72,73)78-52-60(67)53-79-85(74,75)81-57-62(54-76-63(68)48-42-36-30-17-15-13-11-8-2)83-66(71)51-45-39-33-27-28-34-40-46-58(4)5/h58-62,67H,7-57H2,1-6H3,(H,72,73)(H,74,75)/t59?,60-,61-,62-/m1/s1. The molecule has 0 rings (SSSR count). The summed E-state index contributed by atoms with van der Waals surface area (Å²) in [4.78, 5) is 72.2. The number of phosphoric ester groups is 2. The number of hydrogen-bond acceptors (Lipinski definition) is 15. The van der Waals surface area contributed by atoms with Crippen LogP contribution in [0.3, 0.4) is 0 Å². The first-order valence-electron chi connectivity index (χ1n) is 34.5. The fourth-order valence-electron chi connectivity index (χ4n) is 9.85. The smallest absolute Gasteiger partial charge is 0.462 e. The summed E-state index contributed by atoms with van der Waals surface area (Å²) in [5, 5.41) is 10.5. The Bertz CT molecular complexity index is 1670. The van der Waals surface area contributed by atoms with Crippen LogP contribution in [0.15, 0.2) is 0 Å². The van der Waals surface area contributed by atoms with Crippen molar-refractivity contribution in [1.29, 1.82) is 0 Å². The Morgan fingerprint density at radius 1 is 0.341 bits per heavy atom. The van der Waals surface area contributed by atoms with Crippen molar-refractivity contribution >= 4 is 39.5 Å². The molecular formula is C66H128O17P2. The fourth-order valence-corrected chi connectivity index (χ4v) is 11.4. The van der Waals surface area contributed by atoms with Crippen molar-refractivity contribution in [2.24, 2.45) is 11.8 Å². The molecule has 19 heteroatoms. The van der Waals surface area contributed by atoms with E-state index in [0.29, 0.717) is 31.6 Å². The molecule has 0 aliphatic carbocycles. The van der Waals surface area contributed by atoms with Crippen molar-refractivity contribution in [3.05, 3.63) is 0 Å². The zero-order valence-electron chi connectivity index (χ0n) is 54.9. The summed E-state index contributed by atoms with van der Waals surface area (Å²) in [5.41, 5.74) is 0. The fraction of sp³-hybridized carbons (Fsp3) is 0.939. The first kappa shape index (κ1) is 83.1. The van der Waals surface area contributed by atoms with Gasteiger partial charge >= 0.3 is 39.5 Å². The van der Waals surface area contributed by atoms with Gasteiger partial charge in [0.2, 0.25) is 0 Å². The molecule has 0 aromatic rings. The van der Waals surface area contributed by atoms with Gasteiger partial charge in [0.25, 0.3) is 0 Å². The molecule has 17 nitrogen and oxygen atoms in total. The van der Waals surface area contributed by atoms with Gasteiger partial charge < -0.3 is 33.8 Å². The number of aliphatic hydroxyl groups is 1. The summed E-state index contributed by atoms with van der Waals surface area (Å²) in [5.74, 6) is -0.660. The lowest BCUT2D eigenvalue weighted by Crippen LogP contribution is -2.30. The summed E-state index contributed by atoms with van der Waals surface area (Å²) in [6.45, 7) is 9.43. The van der Waals surface area contributed by atoms with Gasteiger partial charge in [-0.2, -0.15) is 0 Å². The number of ether oxygens (including phenoxy) is 4. The molecule has 0 aliphatic rings. The highest BCUT2D eigenvalue weighted by molar-refractivity contribution is 7.47. The van der Waals surface area contributed by atoms with E-state index >= 15 is 0 Å². The van der Waals surface area contributed by atoms with E-state index in [4.69, 9.17) is 37.0 Å². The molecule has 0 amide bonds. The minimum absolute atomic E-state index is 0.103. The van der Waals surface area contributed by atoms with Gasteiger partial charge in [-0.15, -0.1) is 0 Å². The zero-order valence-corrected chi connectivity index (χ0v) is 56.7. The third-order valence-electron chi connectivity index (χ3n) is 15.6. The summed E-state index contributed by atoms with van der Waals surface area (Å²) >= 11 is 0. The van der Waals surface area contributed by atoms with Gasteiger partial charge in [-0.25, -0.2) is 9.13 Å². The average Bonchev–Trinajstić information content (AvgIpc) is 3.47. The van der Waals surface area contributed by atoms with Gasteiger partial charge in [-0.05, 0) is 37.5 Å². The maximum absolute atomic E-state index is 13.0. The van der Waals surface area contributed by atoms with Crippen molar-refractivity contribution in [3.63, 3.8) is 0 Å². The van der Waals surface area contributed by atoms with Gasteiger partial charge in [0, 0.05) is 25.7 Å². The van der Waals surface area contributed by atoms with Crippen LogP contribution in [0.5, 0.6) is 0 Å². The first-order chi connectivity index (χ1) is 40.9. The van der Waals surface area contributed by atoms with Crippen LogP contribution in [0.4, 0.5) is 0 Å². The largest absolute Gasteiger partial charge is 0.472 e. The average molecular weight is 1260 g/mol. The molecule has 0 aromatic carbocycles. The summed E-state index contributed by atoms with van der Waals surface area (Å²) in [7, 11) is -9.89. The van der Waals surface area contributed by atoms with E-state index < -0.39 is 97.5 Å². The van der Waals surface area contributed by atoms with E-state index in [-0.39, 0.29) is 25.7 Å². The molecule has 0 heterocycles. The molecule has 0 bridgehead atoms. The zero-order chi connectivity index (χ0) is 62.9. The minimum atomic E-state index is -4.95. The summed E-state index contributed by atoms with van der Waals surface area (Å²) in [6.07, 6.45) is 41.7. The Labute approximate surface area is 517 Å². The Kier molecular flexibility index (Phi) is 57.1. The first-order valence-corrected chi connectivity index (χ1v) is 37.5. The van der Waals surface area contributed by atoms with Gasteiger partial charge in [-0.1, -0.05) is 279 Å². The summed E-state index contributed by atoms with van der Waals surface area (Å²) in [6, 6.07) is 0. The van der Waals surface area contributed by atoms with Crippen molar-refractivity contribution in [2.75, 3.05) is 39.6 Å². The molecule has 6 atom stereocenters. The highest BCUT2D eigenvalue weighted by Gasteiger charge is 2.30. The lowest BCUT2D eigenvalue weighted by molar-refractivity contribution is -0.161. The monoisotopic (exact) mass is 1250 g/mol. The van der Waals surface area contributed by atoms with Crippen LogP contribution < -0.4 is 0 Å². The molecule has 504 valence electrons. The molecule has 3 N–H and O–H groups in total. The van der Waals surface area contributed by atoms with Crippen LogP contribution in [-0.2, 0) is 65.4 Å². The summed E-state index contributed by atoms with van der Waals surface area (Å²) < 4.78 is 68.0. The van der Waals surface area contributed by atoms with E-state index in [2.05, 4.69) is 41.5 Å². The van der Waals surface area contributed by atoms with E-state index in [1.165, 1.54) is 141 Å². The molecule has 3 unspecified atom stereocenters. The topological polar surface area (TPSA) is 237 Å². The number of carbonyl (C=O) groups is 4. The molecule has 0 spiro atoms. The van der Waals surface area contributed by atoms with Crippen molar-refractivity contribution in [3.8, 4) is 0 Å². The lowest BCUT2D eigenvalue weighted by atomic mass is 9.99. The van der Waals surface area contributed by atoms with Crippen LogP contribution in [-0.4, -0.2) is 96.7 Å². The number of carbonyl (C=O) groups excluding carboxylic acids is 4. The molecule has 0 aromatic heterocycles. The predicted octanol–water partition coefficient (Wildman–Crippen LogP) is 18.4. The Hall–Kier alpha value is -1.94.